The molecule has 0 fully saturated rings. The summed E-state index contributed by atoms with van der Waals surface area (Å²) in [6, 6.07) is 5.89. The van der Waals surface area contributed by atoms with E-state index >= 15 is 0 Å². The average molecular weight is 217 g/mol. The third kappa shape index (κ3) is 5.75. The number of hydrogen-bond donors (Lipinski definition) is 1. The van der Waals surface area contributed by atoms with Gasteiger partial charge in [-0.05, 0) is 31.4 Å². The predicted molar refractivity (Wildman–Crippen MR) is 63.1 cm³/mol. The third-order valence-corrected chi connectivity index (χ3v) is 2.02. The summed E-state index contributed by atoms with van der Waals surface area (Å²) in [6.45, 7) is 0. The van der Waals surface area contributed by atoms with Gasteiger partial charge in [-0.1, -0.05) is 24.3 Å². The van der Waals surface area contributed by atoms with Crippen molar-refractivity contribution in [3.63, 3.8) is 0 Å². The average Bonchev–Trinajstić information content (AvgIpc) is 2.29. The van der Waals surface area contributed by atoms with Crippen LogP contribution in [-0.4, -0.2) is 16.1 Å². The van der Waals surface area contributed by atoms with Crippen LogP contribution in [0.15, 0.2) is 48.7 Å². The lowest BCUT2D eigenvalue weighted by Gasteiger charge is -1.96. The molecular weight excluding hydrogens is 202 g/mol. The summed E-state index contributed by atoms with van der Waals surface area (Å²) in [5.41, 5.74) is 1.09. The standard InChI is InChI=1S/C13H15NO2/c15-13(16)10-5-3-1-2-4-8-12-9-6-7-11-14-12/h1,3,5-7,9-11H,2,4,8H2,(H,15,16)/b3-1+,10-5+. The number of aliphatic carboxylic acids is 1. The Hall–Kier alpha value is -1.90. The smallest absolute Gasteiger partial charge is 0.328 e. The molecule has 0 unspecified atom stereocenters. The summed E-state index contributed by atoms with van der Waals surface area (Å²) in [5, 5.41) is 8.34. The molecule has 0 aliphatic carbocycles. The van der Waals surface area contributed by atoms with Crippen LogP contribution < -0.4 is 0 Å². The Kier molecular flexibility index (Phi) is 5.63. The maximum absolute atomic E-state index is 10.1. The zero-order valence-corrected chi connectivity index (χ0v) is 9.04. The number of hydrogen-bond acceptors (Lipinski definition) is 2. The Morgan fingerprint density at radius 1 is 1.38 bits per heavy atom. The molecule has 0 aromatic carbocycles. The Labute approximate surface area is 95.1 Å². The van der Waals surface area contributed by atoms with E-state index in [4.69, 9.17) is 5.11 Å². The van der Waals surface area contributed by atoms with E-state index in [2.05, 4.69) is 4.98 Å². The zero-order valence-electron chi connectivity index (χ0n) is 9.04. The first-order chi connectivity index (χ1) is 7.79. The number of carboxylic acids is 1. The summed E-state index contributed by atoms with van der Waals surface area (Å²) in [4.78, 5) is 14.4. The highest BCUT2D eigenvalue weighted by Crippen LogP contribution is 2.01. The maximum atomic E-state index is 10.1. The molecule has 1 N–H and O–H groups in total. The third-order valence-electron chi connectivity index (χ3n) is 2.02. The number of aryl methyl sites for hydroxylation is 1. The van der Waals surface area contributed by atoms with Gasteiger partial charge in [0.2, 0.25) is 0 Å². The van der Waals surface area contributed by atoms with Crippen LogP contribution in [0.3, 0.4) is 0 Å². The van der Waals surface area contributed by atoms with Gasteiger partial charge < -0.3 is 5.11 Å². The summed E-state index contributed by atoms with van der Waals surface area (Å²) in [7, 11) is 0. The molecule has 0 spiro atoms. The van der Waals surface area contributed by atoms with Gasteiger partial charge in [0, 0.05) is 18.0 Å². The zero-order chi connectivity index (χ0) is 11.6. The van der Waals surface area contributed by atoms with E-state index in [1.165, 1.54) is 6.08 Å². The van der Waals surface area contributed by atoms with Gasteiger partial charge in [-0.25, -0.2) is 4.79 Å². The molecule has 0 bridgehead atoms. The predicted octanol–water partition coefficient (Wildman–Crippen LogP) is 2.60. The van der Waals surface area contributed by atoms with Crippen LogP contribution in [-0.2, 0) is 11.2 Å². The first-order valence-corrected chi connectivity index (χ1v) is 5.25. The number of aromatic nitrogens is 1. The first kappa shape index (κ1) is 12.2. The largest absolute Gasteiger partial charge is 0.478 e. The molecule has 0 atom stereocenters. The highest BCUT2D eigenvalue weighted by molar-refractivity contribution is 5.80. The second-order valence-corrected chi connectivity index (χ2v) is 3.34. The van der Waals surface area contributed by atoms with E-state index in [-0.39, 0.29) is 0 Å². The summed E-state index contributed by atoms with van der Waals surface area (Å²) in [5.74, 6) is -0.918. The molecule has 1 heterocycles. The number of pyridine rings is 1. The van der Waals surface area contributed by atoms with Crippen molar-refractivity contribution >= 4 is 5.97 Å². The summed E-state index contributed by atoms with van der Waals surface area (Å²) in [6.07, 6.45) is 11.1. The van der Waals surface area contributed by atoms with Gasteiger partial charge in [-0.3, -0.25) is 4.98 Å². The summed E-state index contributed by atoms with van der Waals surface area (Å²) < 4.78 is 0. The lowest BCUT2D eigenvalue weighted by molar-refractivity contribution is -0.131. The normalized spacial score (nSPS) is 11.2. The van der Waals surface area contributed by atoms with Gasteiger partial charge in [-0.15, -0.1) is 0 Å². The Morgan fingerprint density at radius 3 is 2.94 bits per heavy atom. The SMILES string of the molecule is O=C(O)/C=C/C=C/CCCc1ccccn1. The minimum Gasteiger partial charge on any atom is -0.478 e. The minimum absolute atomic E-state index is 0.918. The van der Waals surface area contributed by atoms with Gasteiger partial charge in [0.05, 0.1) is 0 Å². The summed E-state index contributed by atoms with van der Waals surface area (Å²) >= 11 is 0. The van der Waals surface area contributed by atoms with Crippen molar-refractivity contribution in [3.05, 3.63) is 54.4 Å². The number of carbonyl (C=O) groups is 1. The Bertz CT molecular complexity index is 369. The molecule has 3 nitrogen and oxygen atoms in total. The van der Waals surface area contributed by atoms with Crippen molar-refractivity contribution in [2.45, 2.75) is 19.3 Å². The number of rotatable bonds is 6. The second-order valence-electron chi connectivity index (χ2n) is 3.34. The molecule has 0 aliphatic rings. The van der Waals surface area contributed by atoms with Gasteiger partial charge in [0.15, 0.2) is 0 Å². The van der Waals surface area contributed by atoms with Crippen molar-refractivity contribution in [1.82, 2.24) is 4.98 Å². The fraction of sp³-hybridized carbons (Fsp3) is 0.231. The van der Waals surface area contributed by atoms with E-state index in [0.29, 0.717) is 0 Å². The van der Waals surface area contributed by atoms with Gasteiger partial charge in [0.25, 0.3) is 0 Å². The van der Waals surface area contributed by atoms with Crippen LogP contribution in [0, 0.1) is 0 Å². The maximum Gasteiger partial charge on any atom is 0.328 e. The Balaban J connectivity index is 2.15. The quantitative estimate of drug-likeness (QED) is 0.452. The molecule has 0 saturated carbocycles. The highest BCUT2D eigenvalue weighted by Gasteiger charge is 1.90. The van der Waals surface area contributed by atoms with Crippen LogP contribution >= 0.6 is 0 Å². The molecule has 1 aromatic heterocycles. The molecular formula is C13H15NO2. The van der Waals surface area contributed by atoms with Crippen molar-refractivity contribution < 1.29 is 9.90 Å². The molecule has 16 heavy (non-hydrogen) atoms. The van der Waals surface area contributed by atoms with Crippen LogP contribution in [0.5, 0.6) is 0 Å². The van der Waals surface area contributed by atoms with Crippen LogP contribution in [0.4, 0.5) is 0 Å². The molecule has 0 saturated heterocycles. The van der Waals surface area contributed by atoms with Crippen LogP contribution in [0.2, 0.25) is 0 Å². The van der Waals surface area contributed by atoms with Crippen molar-refractivity contribution in [2.75, 3.05) is 0 Å². The lowest BCUT2D eigenvalue weighted by Crippen LogP contribution is -1.87. The fourth-order valence-corrected chi connectivity index (χ4v) is 1.26. The molecule has 1 aromatic rings. The van der Waals surface area contributed by atoms with Gasteiger partial charge in [0.1, 0.15) is 0 Å². The molecule has 0 aliphatic heterocycles. The lowest BCUT2D eigenvalue weighted by atomic mass is 10.1. The first-order valence-electron chi connectivity index (χ1n) is 5.25. The number of unbranched alkanes of at least 4 members (excludes halogenated alkanes) is 1. The Morgan fingerprint density at radius 2 is 2.25 bits per heavy atom. The fourth-order valence-electron chi connectivity index (χ4n) is 1.26. The van der Waals surface area contributed by atoms with Crippen LogP contribution in [0.1, 0.15) is 18.5 Å². The van der Waals surface area contributed by atoms with E-state index in [0.717, 1.165) is 31.0 Å². The molecule has 84 valence electrons. The minimum atomic E-state index is -0.918. The molecule has 0 amide bonds. The van der Waals surface area contributed by atoms with E-state index in [1.54, 1.807) is 12.3 Å². The van der Waals surface area contributed by atoms with Crippen LogP contribution in [0.25, 0.3) is 0 Å². The van der Waals surface area contributed by atoms with E-state index in [9.17, 15) is 4.79 Å². The monoisotopic (exact) mass is 217 g/mol. The second kappa shape index (κ2) is 7.40. The molecule has 3 heteroatoms. The number of nitrogens with zero attached hydrogens (tertiary/aromatic N) is 1. The van der Waals surface area contributed by atoms with Gasteiger partial charge >= 0.3 is 5.97 Å². The topological polar surface area (TPSA) is 50.2 Å². The van der Waals surface area contributed by atoms with Crippen molar-refractivity contribution in [1.29, 1.82) is 0 Å². The van der Waals surface area contributed by atoms with Crippen molar-refractivity contribution in [3.8, 4) is 0 Å². The van der Waals surface area contributed by atoms with E-state index < -0.39 is 5.97 Å². The molecule has 0 radical (unpaired) electrons. The number of carboxylic acid groups (broad SMARTS) is 1. The van der Waals surface area contributed by atoms with Crippen molar-refractivity contribution in [2.24, 2.45) is 0 Å². The molecule has 1 rings (SSSR count). The highest BCUT2D eigenvalue weighted by atomic mass is 16.4. The van der Waals surface area contributed by atoms with E-state index in [1.807, 2.05) is 24.3 Å². The number of allylic oxidation sites excluding steroid dienone is 3. The van der Waals surface area contributed by atoms with Gasteiger partial charge in [-0.2, -0.15) is 0 Å².